The number of nitrogens with two attached hydrogens (primary N) is 2. The molecule has 0 bridgehead atoms. The predicted molar refractivity (Wildman–Crippen MR) is 36.4 cm³/mol. The van der Waals surface area contributed by atoms with Crippen LogP contribution in [-0.4, -0.2) is 0 Å². The van der Waals surface area contributed by atoms with Gasteiger partial charge in [0.05, 0.1) is 5.69 Å². The second kappa shape index (κ2) is 1.93. The van der Waals surface area contributed by atoms with E-state index < -0.39 is 0 Å². The summed E-state index contributed by atoms with van der Waals surface area (Å²) in [5, 5.41) is 0. The van der Waals surface area contributed by atoms with Crippen molar-refractivity contribution in [1.82, 2.24) is 0 Å². The Hall–Kier alpha value is -1.25. The standard InChI is InChI=1S/C6H9N3/c1-9-3-2-5(7)6(8)4-9/h2-4,7H,8H2,1H3/p+1. The van der Waals surface area contributed by atoms with Crippen LogP contribution in [0.15, 0.2) is 18.5 Å². The third kappa shape index (κ3) is 1.10. The third-order valence-corrected chi connectivity index (χ3v) is 1.17. The Balaban J connectivity index is 3.17. The molecule has 1 rings (SSSR count). The van der Waals surface area contributed by atoms with E-state index in [0.717, 1.165) is 0 Å². The van der Waals surface area contributed by atoms with E-state index >= 15 is 0 Å². The Morgan fingerprint density at radius 3 is 2.44 bits per heavy atom. The first-order valence-corrected chi connectivity index (χ1v) is 2.70. The van der Waals surface area contributed by atoms with Gasteiger partial charge in [0.2, 0.25) is 0 Å². The molecule has 0 aliphatic carbocycles. The second-order valence-electron chi connectivity index (χ2n) is 2.02. The fourth-order valence-corrected chi connectivity index (χ4v) is 0.631. The van der Waals surface area contributed by atoms with E-state index in [1.54, 1.807) is 12.3 Å². The highest BCUT2D eigenvalue weighted by atomic mass is 14.9. The van der Waals surface area contributed by atoms with Crippen molar-refractivity contribution in [3.63, 3.8) is 0 Å². The number of nitrogen functional groups attached to an aromatic ring is 2. The first kappa shape index (κ1) is 5.88. The summed E-state index contributed by atoms with van der Waals surface area (Å²) in [6, 6.07) is 1.77. The van der Waals surface area contributed by atoms with Gasteiger partial charge < -0.3 is 11.5 Å². The minimum Gasteiger partial charge on any atom is -0.397 e. The van der Waals surface area contributed by atoms with Crippen molar-refractivity contribution in [3.05, 3.63) is 18.5 Å². The first-order valence-electron chi connectivity index (χ1n) is 2.70. The molecule has 1 heterocycles. The summed E-state index contributed by atoms with van der Waals surface area (Å²) < 4.78 is 1.85. The van der Waals surface area contributed by atoms with Crippen molar-refractivity contribution in [2.24, 2.45) is 7.05 Å². The molecule has 4 N–H and O–H groups in total. The number of aryl methyl sites for hydroxylation is 1. The Labute approximate surface area is 53.9 Å². The van der Waals surface area contributed by atoms with E-state index in [2.05, 4.69) is 0 Å². The van der Waals surface area contributed by atoms with E-state index in [9.17, 15) is 0 Å². The Morgan fingerprint density at radius 1 is 1.33 bits per heavy atom. The third-order valence-electron chi connectivity index (χ3n) is 1.17. The van der Waals surface area contributed by atoms with Crippen molar-refractivity contribution in [2.75, 3.05) is 11.5 Å². The van der Waals surface area contributed by atoms with Crippen LogP contribution in [0.1, 0.15) is 0 Å². The monoisotopic (exact) mass is 124 g/mol. The molecule has 0 aliphatic rings. The van der Waals surface area contributed by atoms with Crippen LogP contribution < -0.4 is 16.0 Å². The maximum atomic E-state index is 5.47. The topological polar surface area (TPSA) is 55.9 Å². The van der Waals surface area contributed by atoms with Crippen LogP contribution in [0.3, 0.4) is 0 Å². The number of rotatable bonds is 0. The van der Waals surface area contributed by atoms with Gasteiger partial charge in [-0.3, -0.25) is 0 Å². The van der Waals surface area contributed by atoms with Crippen LogP contribution in [-0.2, 0) is 7.05 Å². The minimum atomic E-state index is 0.625. The average Bonchev–Trinajstić information content (AvgIpc) is 1.80. The molecule has 3 nitrogen and oxygen atoms in total. The molecule has 48 valence electrons. The van der Waals surface area contributed by atoms with Gasteiger partial charge in [-0.2, -0.15) is 0 Å². The molecule has 0 aromatic carbocycles. The molecular formula is C6H10N3+. The molecule has 0 aliphatic heterocycles. The Bertz CT molecular complexity index is 220. The fourth-order valence-electron chi connectivity index (χ4n) is 0.631. The minimum absolute atomic E-state index is 0.625. The highest BCUT2D eigenvalue weighted by Crippen LogP contribution is 2.07. The molecule has 0 saturated heterocycles. The van der Waals surface area contributed by atoms with Crippen LogP contribution in [0.4, 0.5) is 11.4 Å². The quantitative estimate of drug-likeness (QED) is 0.465. The molecule has 0 atom stereocenters. The summed E-state index contributed by atoms with van der Waals surface area (Å²) in [7, 11) is 1.90. The number of nitrogens with zero attached hydrogens (tertiary/aromatic N) is 1. The summed E-state index contributed by atoms with van der Waals surface area (Å²) in [6.45, 7) is 0. The lowest BCUT2D eigenvalue weighted by Crippen LogP contribution is -2.27. The lowest BCUT2D eigenvalue weighted by Gasteiger charge is -1.93. The van der Waals surface area contributed by atoms with E-state index in [1.165, 1.54) is 0 Å². The van der Waals surface area contributed by atoms with Crippen LogP contribution in [0.5, 0.6) is 0 Å². The molecule has 0 fully saturated rings. The van der Waals surface area contributed by atoms with Crippen LogP contribution >= 0.6 is 0 Å². The zero-order chi connectivity index (χ0) is 6.85. The lowest BCUT2D eigenvalue weighted by molar-refractivity contribution is -0.670. The van der Waals surface area contributed by atoms with E-state index in [4.69, 9.17) is 11.5 Å². The van der Waals surface area contributed by atoms with Gasteiger partial charge in [0.15, 0.2) is 12.4 Å². The van der Waals surface area contributed by atoms with Gasteiger partial charge in [-0.25, -0.2) is 4.57 Å². The van der Waals surface area contributed by atoms with E-state index in [-0.39, 0.29) is 0 Å². The average molecular weight is 124 g/mol. The van der Waals surface area contributed by atoms with Gasteiger partial charge in [0, 0.05) is 6.07 Å². The number of anilines is 2. The van der Waals surface area contributed by atoms with Gasteiger partial charge in [-0.1, -0.05) is 0 Å². The van der Waals surface area contributed by atoms with Crippen LogP contribution in [0, 0.1) is 0 Å². The molecule has 0 amide bonds. The zero-order valence-electron chi connectivity index (χ0n) is 5.33. The van der Waals surface area contributed by atoms with Gasteiger partial charge in [-0.15, -0.1) is 0 Å². The molecule has 9 heavy (non-hydrogen) atoms. The van der Waals surface area contributed by atoms with Gasteiger partial charge in [-0.05, 0) is 0 Å². The first-order chi connectivity index (χ1) is 4.20. The van der Waals surface area contributed by atoms with Crippen LogP contribution in [0.25, 0.3) is 0 Å². The molecule has 0 unspecified atom stereocenters. The number of hydrogen-bond donors (Lipinski definition) is 2. The smallest absolute Gasteiger partial charge is 0.193 e. The predicted octanol–water partition coefficient (Wildman–Crippen LogP) is -0.325. The van der Waals surface area contributed by atoms with Crippen molar-refractivity contribution < 1.29 is 4.57 Å². The molecule has 0 saturated carbocycles. The number of pyridine rings is 1. The summed E-state index contributed by atoms with van der Waals surface area (Å²) in [5.74, 6) is 0. The summed E-state index contributed by atoms with van der Waals surface area (Å²) >= 11 is 0. The highest BCUT2D eigenvalue weighted by molar-refractivity contribution is 5.59. The molecule has 3 heteroatoms. The molecular weight excluding hydrogens is 114 g/mol. The maximum Gasteiger partial charge on any atom is 0.193 e. The normalized spacial score (nSPS) is 9.44. The lowest BCUT2D eigenvalue weighted by atomic mass is 10.4. The zero-order valence-corrected chi connectivity index (χ0v) is 5.33. The van der Waals surface area contributed by atoms with Gasteiger partial charge in [0.25, 0.3) is 0 Å². The fraction of sp³-hybridized carbons (Fsp3) is 0.167. The summed E-state index contributed by atoms with van der Waals surface area (Å²) in [5.41, 5.74) is 12.2. The number of hydrogen-bond acceptors (Lipinski definition) is 2. The summed E-state index contributed by atoms with van der Waals surface area (Å²) in [4.78, 5) is 0. The Morgan fingerprint density at radius 2 is 2.00 bits per heavy atom. The molecule has 1 aromatic rings. The van der Waals surface area contributed by atoms with Crippen molar-refractivity contribution in [3.8, 4) is 0 Å². The SMILES string of the molecule is C[n+]1ccc(N)c(N)c1. The van der Waals surface area contributed by atoms with Crippen molar-refractivity contribution in [1.29, 1.82) is 0 Å². The van der Waals surface area contributed by atoms with E-state index in [0.29, 0.717) is 11.4 Å². The second-order valence-corrected chi connectivity index (χ2v) is 2.02. The van der Waals surface area contributed by atoms with E-state index in [1.807, 2.05) is 17.8 Å². The molecule has 0 spiro atoms. The molecule has 1 aromatic heterocycles. The van der Waals surface area contributed by atoms with Crippen molar-refractivity contribution in [2.45, 2.75) is 0 Å². The Kier molecular flexibility index (Phi) is 1.26. The van der Waals surface area contributed by atoms with Gasteiger partial charge >= 0.3 is 0 Å². The van der Waals surface area contributed by atoms with Gasteiger partial charge in [0.1, 0.15) is 12.7 Å². The van der Waals surface area contributed by atoms with Crippen LogP contribution in [0.2, 0.25) is 0 Å². The van der Waals surface area contributed by atoms with Crippen molar-refractivity contribution >= 4 is 11.4 Å². The highest BCUT2D eigenvalue weighted by Gasteiger charge is 1.96. The summed E-state index contributed by atoms with van der Waals surface area (Å²) in [6.07, 6.45) is 3.63. The molecule has 0 radical (unpaired) electrons. The number of aromatic nitrogens is 1. The largest absolute Gasteiger partial charge is 0.397 e. The maximum absolute atomic E-state index is 5.47.